The van der Waals surface area contributed by atoms with Crippen molar-refractivity contribution in [2.24, 2.45) is 10.2 Å². The van der Waals surface area contributed by atoms with E-state index in [0.29, 0.717) is 41.8 Å². The molecule has 10 nitrogen and oxygen atoms in total. The smallest absolute Gasteiger partial charge is 0.338 e. The molecule has 2 aromatic rings. The number of azo groups is 1. The number of alkyl halides is 1. The van der Waals surface area contributed by atoms with Crippen molar-refractivity contribution < 1.29 is 9.53 Å². The predicted octanol–water partition coefficient (Wildman–Crippen LogP) is 4.80. The van der Waals surface area contributed by atoms with Crippen molar-refractivity contribution in [3.05, 3.63) is 29.8 Å². The number of carbonyl (C=O) groups is 1. The van der Waals surface area contributed by atoms with E-state index >= 15 is 0 Å². The van der Waals surface area contributed by atoms with Crippen LogP contribution in [0, 0.1) is 0 Å². The SMILES string of the molecule is CCOC(=O)c1ccc(N=Nc2c(N)nc(N)nc2NCCCCCN(CC)CCCl)cc1.Cl. The van der Waals surface area contributed by atoms with Gasteiger partial charge in [0.25, 0.3) is 0 Å². The zero-order valence-electron chi connectivity index (χ0n) is 19.7. The number of aromatic nitrogens is 2. The van der Waals surface area contributed by atoms with E-state index in [1.54, 1.807) is 31.2 Å². The van der Waals surface area contributed by atoms with Gasteiger partial charge in [0.2, 0.25) is 5.95 Å². The minimum absolute atomic E-state index is 0. The van der Waals surface area contributed by atoms with Crippen LogP contribution in [0.4, 0.5) is 29.0 Å². The Balaban J connectivity index is 0.00000578. The second kappa shape index (κ2) is 16.0. The lowest BCUT2D eigenvalue weighted by atomic mass is 10.2. The van der Waals surface area contributed by atoms with Crippen LogP contribution in [0.5, 0.6) is 0 Å². The van der Waals surface area contributed by atoms with Gasteiger partial charge in [-0.2, -0.15) is 15.1 Å². The van der Waals surface area contributed by atoms with Crippen LogP contribution in [-0.4, -0.2) is 59.5 Å². The summed E-state index contributed by atoms with van der Waals surface area (Å²) < 4.78 is 4.98. The molecule has 0 saturated heterocycles. The average Bonchev–Trinajstić information content (AvgIpc) is 2.80. The molecule has 0 unspecified atom stereocenters. The zero-order chi connectivity index (χ0) is 24.1. The van der Waals surface area contributed by atoms with Gasteiger partial charge in [0.15, 0.2) is 17.3 Å². The molecule has 5 N–H and O–H groups in total. The molecule has 34 heavy (non-hydrogen) atoms. The Morgan fingerprint density at radius 1 is 1.09 bits per heavy atom. The van der Waals surface area contributed by atoms with Gasteiger partial charge in [0.05, 0.1) is 17.9 Å². The lowest BCUT2D eigenvalue weighted by Gasteiger charge is -2.18. The van der Waals surface area contributed by atoms with Crippen LogP contribution in [0.2, 0.25) is 0 Å². The van der Waals surface area contributed by atoms with Gasteiger partial charge in [0.1, 0.15) is 0 Å². The highest BCUT2D eigenvalue weighted by molar-refractivity contribution is 6.18. The third-order valence-corrected chi connectivity index (χ3v) is 5.03. The minimum atomic E-state index is -0.384. The molecule has 2 rings (SSSR count). The predicted molar refractivity (Wildman–Crippen MR) is 140 cm³/mol. The number of ether oxygens (including phenoxy) is 1. The van der Waals surface area contributed by atoms with Gasteiger partial charge >= 0.3 is 5.97 Å². The topological polar surface area (TPSA) is 144 Å². The van der Waals surface area contributed by atoms with Gasteiger partial charge in [0, 0.05) is 19.0 Å². The van der Waals surface area contributed by atoms with Crippen molar-refractivity contribution in [3.8, 4) is 0 Å². The van der Waals surface area contributed by atoms with Crippen molar-refractivity contribution in [2.75, 3.05) is 55.5 Å². The molecule has 0 atom stereocenters. The molecule has 0 radical (unpaired) electrons. The summed E-state index contributed by atoms with van der Waals surface area (Å²) in [7, 11) is 0. The summed E-state index contributed by atoms with van der Waals surface area (Å²) >= 11 is 5.82. The summed E-state index contributed by atoms with van der Waals surface area (Å²) in [4.78, 5) is 22.3. The molecule has 1 aromatic heterocycles. The van der Waals surface area contributed by atoms with E-state index in [0.717, 1.165) is 38.9 Å². The van der Waals surface area contributed by atoms with E-state index in [1.807, 2.05) is 0 Å². The summed E-state index contributed by atoms with van der Waals surface area (Å²) in [6.45, 7) is 7.86. The number of anilines is 3. The Morgan fingerprint density at radius 2 is 1.82 bits per heavy atom. The van der Waals surface area contributed by atoms with Crippen LogP contribution >= 0.6 is 24.0 Å². The van der Waals surface area contributed by atoms with Gasteiger partial charge in [-0.25, -0.2) is 4.79 Å². The van der Waals surface area contributed by atoms with Gasteiger partial charge in [-0.3, -0.25) is 0 Å². The number of carbonyl (C=O) groups excluding carboxylic acids is 1. The summed E-state index contributed by atoms with van der Waals surface area (Å²) in [5.41, 5.74) is 13.1. The van der Waals surface area contributed by atoms with Gasteiger partial charge in [-0.1, -0.05) is 13.3 Å². The van der Waals surface area contributed by atoms with Crippen molar-refractivity contribution >= 4 is 58.9 Å². The summed E-state index contributed by atoms with van der Waals surface area (Å²) in [6, 6.07) is 6.59. The van der Waals surface area contributed by atoms with Crippen molar-refractivity contribution in [2.45, 2.75) is 33.1 Å². The second-order valence-corrected chi connectivity index (χ2v) is 7.62. The van der Waals surface area contributed by atoms with Crippen LogP contribution in [0.1, 0.15) is 43.5 Å². The molecule has 0 aliphatic rings. The summed E-state index contributed by atoms with van der Waals surface area (Å²) in [6.07, 6.45) is 3.11. The second-order valence-electron chi connectivity index (χ2n) is 7.24. The quantitative estimate of drug-likeness (QED) is 0.141. The van der Waals surface area contributed by atoms with Gasteiger partial charge in [-0.15, -0.1) is 29.1 Å². The van der Waals surface area contributed by atoms with Crippen molar-refractivity contribution in [3.63, 3.8) is 0 Å². The first kappa shape index (κ1) is 29.3. The Morgan fingerprint density at radius 3 is 2.47 bits per heavy atom. The molecule has 188 valence electrons. The fraction of sp³-hybridized carbons (Fsp3) is 0.500. The van der Waals surface area contributed by atoms with Crippen LogP contribution in [-0.2, 0) is 4.74 Å². The number of nitrogen functional groups attached to an aromatic ring is 2. The molecule has 0 amide bonds. The molecule has 0 aliphatic carbocycles. The number of hydrogen-bond donors (Lipinski definition) is 3. The van der Waals surface area contributed by atoms with E-state index in [9.17, 15) is 4.79 Å². The first-order valence-corrected chi connectivity index (χ1v) is 11.7. The van der Waals surface area contributed by atoms with Gasteiger partial charge < -0.3 is 26.4 Å². The normalized spacial score (nSPS) is 10.9. The molecule has 0 bridgehead atoms. The van der Waals surface area contributed by atoms with Crippen LogP contribution < -0.4 is 16.8 Å². The average molecular weight is 513 g/mol. The monoisotopic (exact) mass is 512 g/mol. The Hall–Kier alpha value is -2.69. The Labute approximate surface area is 211 Å². The first-order chi connectivity index (χ1) is 16.0. The maximum Gasteiger partial charge on any atom is 0.338 e. The van der Waals surface area contributed by atoms with Crippen molar-refractivity contribution in [1.82, 2.24) is 14.9 Å². The number of unbranched alkanes of at least 4 members (excludes halogenated alkanes) is 2. The van der Waals surface area contributed by atoms with E-state index in [4.69, 9.17) is 27.8 Å². The Bertz CT molecular complexity index is 913. The summed E-state index contributed by atoms with van der Waals surface area (Å²) in [5, 5.41) is 11.6. The maximum absolute atomic E-state index is 11.8. The number of nitrogens with two attached hydrogens (primary N) is 2. The third kappa shape index (κ3) is 9.66. The lowest BCUT2D eigenvalue weighted by molar-refractivity contribution is 0.0526. The van der Waals surface area contributed by atoms with E-state index in [2.05, 4.69) is 37.3 Å². The number of halogens is 2. The largest absolute Gasteiger partial charge is 0.462 e. The number of nitrogens with zero attached hydrogens (tertiary/aromatic N) is 5. The zero-order valence-corrected chi connectivity index (χ0v) is 21.2. The highest BCUT2D eigenvalue weighted by atomic mass is 35.5. The molecule has 0 fully saturated rings. The molecule has 1 heterocycles. The number of rotatable bonds is 14. The molecule has 0 spiro atoms. The molecule has 0 saturated carbocycles. The maximum atomic E-state index is 11.8. The highest BCUT2D eigenvalue weighted by Crippen LogP contribution is 2.31. The fourth-order valence-corrected chi connectivity index (χ4v) is 3.33. The standard InChI is InChI=1S/C22H33ClN8O2.ClH/c1-3-31(15-12-23)14-7-5-6-13-26-20-18(19(24)27-22(25)28-20)30-29-17-10-8-16(9-11-17)21(32)33-4-2;/h8-11H,3-7,12-15H2,1-2H3,(H5,24,25,26,27,28);1H. The van der Waals surface area contributed by atoms with E-state index < -0.39 is 0 Å². The number of nitrogens with one attached hydrogen (secondary N) is 1. The summed E-state index contributed by atoms with van der Waals surface area (Å²) in [5.74, 6) is 0.900. The fourth-order valence-electron chi connectivity index (χ4n) is 3.09. The van der Waals surface area contributed by atoms with Gasteiger partial charge in [-0.05, 0) is 57.1 Å². The lowest BCUT2D eigenvalue weighted by Crippen LogP contribution is -2.26. The molecular formula is C22H34Cl2N8O2. The molecule has 0 aliphatic heterocycles. The van der Waals surface area contributed by atoms with E-state index in [1.165, 1.54) is 0 Å². The molecule has 1 aromatic carbocycles. The number of esters is 1. The van der Waals surface area contributed by atoms with Crippen LogP contribution in [0.25, 0.3) is 0 Å². The minimum Gasteiger partial charge on any atom is -0.462 e. The van der Waals surface area contributed by atoms with Crippen LogP contribution in [0.3, 0.4) is 0 Å². The number of benzene rings is 1. The third-order valence-electron chi connectivity index (χ3n) is 4.86. The van der Waals surface area contributed by atoms with Crippen LogP contribution in [0.15, 0.2) is 34.5 Å². The molecule has 12 heteroatoms. The number of hydrogen-bond acceptors (Lipinski definition) is 10. The van der Waals surface area contributed by atoms with Crippen molar-refractivity contribution in [1.29, 1.82) is 0 Å². The first-order valence-electron chi connectivity index (χ1n) is 11.1. The molecular weight excluding hydrogens is 479 g/mol. The Kier molecular flexibility index (Phi) is 13.8. The van der Waals surface area contributed by atoms with E-state index in [-0.39, 0.29) is 30.1 Å². The highest BCUT2D eigenvalue weighted by Gasteiger charge is 2.12.